The quantitative estimate of drug-likeness (QED) is 0.602. The van der Waals surface area contributed by atoms with E-state index in [-0.39, 0.29) is 11.0 Å². The molecule has 0 amide bonds. The Kier molecular flexibility index (Phi) is 4.42. The molecule has 2 heteroatoms. The summed E-state index contributed by atoms with van der Waals surface area (Å²) < 4.78 is 5.30. The topological polar surface area (TPSA) is 9.23 Å². The van der Waals surface area contributed by atoms with Gasteiger partial charge >= 0.3 is 0 Å². The highest BCUT2D eigenvalue weighted by Gasteiger charge is 2.22. The second kappa shape index (κ2) is 4.32. The number of methoxy groups -OCH3 is 1. The van der Waals surface area contributed by atoms with Gasteiger partial charge in [0, 0.05) is 12.5 Å². The van der Waals surface area contributed by atoms with Crippen molar-refractivity contribution in [3.8, 4) is 0 Å². The van der Waals surface area contributed by atoms with Gasteiger partial charge in [-0.05, 0) is 33.1 Å². The van der Waals surface area contributed by atoms with Crippen LogP contribution in [0.1, 0.15) is 34.1 Å². The van der Waals surface area contributed by atoms with Crippen molar-refractivity contribution in [2.45, 2.75) is 45.1 Å². The van der Waals surface area contributed by atoms with Crippen LogP contribution in [0.4, 0.5) is 0 Å². The van der Waals surface area contributed by atoms with Gasteiger partial charge in [-0.25, -0.2) is 0 Å². The van der Waals surface area contributed by atoms with Crippen LogP contribution in [0.5, 0.6) is 0 Å². The molecule has 0 radical (unpaired) electrons. The van der Waals surface area contributed by atoms with E-state index in [1.54, 1.807) is 7.11 Å². The standard InChI is InChI=1S/C9H19ClO/c1-7(8(2)10)6-9(3,4)11-5/h7-8H,6H2,1-5H3. The fraction of sp³-hybridized carbons (Fsp3) is 1.00. The molecule has 0 saturated carbocycles. The summed E-state index contributed by atoms with van der Waals surface area (Å²) in [4.78, 5) is 0. The SMILES string of the molecule is COC(C)(C)CC(C)C(C)Cl. The average molecular weight is 179 g/mol. The van der Waals surface area contributed by atoms with Crippen molar-refractivity contribution in [2.75, 3.05) is 7.11 Å². The molecule has 0 aromatic carbocycles. The van der Waals surface area contributed by atoms with Crippen LogP contribution < -0.4 is 0 Å². The summed E-state index contributed by atoms with van der Waals surface area (Å²) in [6.45, 7) is 8.35. The van der Waals surface area contributed by atoms with E-state index in [9.17, 15) is 0 Å². The number of hydrogen-bond acceptors (Lipinski definition) is 1. The van der Waals surface area contributed by atoms with Crippen molar-refractivity contribution >= 4 is 11.6 Å². The normalized spacial score (nSPS) is 18.0. The number of halogens is 1. The van der Waals surface area contributed by atoms with Gasteiger partial charge in [-0.15, -0.1) is 11.6 Å². The summed E-state index contributed by atoms with van der Waals surface area (Å²) in [6, 6.07) is 0. The third-order valence-corrected chi connectivity index (χ3v) is 2.58. The van der Waals surface area contributed by atoms with Gasteiger partial charge in [-0.1, -0.05) is 6.92 Å². The molecule has 11 heavy (non-hydrogen) atoms. The van der Waals surface area contributed by atoms with E-state index in [0.717, 1.165) is 6.42 Å². The van der Waals surface area contributed by atoms with Gasteiger partial charge in [0.25, 0.3) is 0 Å². The van der Waals surface area contributed by atoms with Crippen LogP contribution in [0.2, 0.25) is 0 Å². The Bertz CT molecular complexity index is 110. The van der Waals surface area contributed by atoms with E-state index < -0.39 is 0 Å². The lowest BCUT2D eigenvalue weighted by molar-refractivity contribution is 0.00387. The first kappa shape index (κ1) is 11.2. The molecule has 0 aliphatic carbocycles. The summed E-state index contributed by atoms with van der Waals surface area (Å²) in [5, 5.41) is 0.226. The molecular weight excluding hydrogens is 160 g/mol. The van der Waals surface area contributed by atoms with Crippen molar-refractivity contribution in [1.82, 2.24) is 0 Å². The molecule has 0 bridgehead atoms. The lowest BCUT2D eigenvalue weighted by atomic mass is 9.93. The first-order valence-electron chi connectivity index (χ1n) is 4.08. The Morgan fingerprint density at radius 2 is 1.82 bits per heavy atom. The van der Waals surface area contributed by atoms with E-state index in [4.69, 9.17) is 16.3 Å². The summed E-state index contributed by atoms with van der Waals surface area (Å²) in [7, 11) is 1.74. The molecule has 68 valence electrons. The minimum atomic E-state index is -0.0391. The van der Waals surface area contributed by atoms with Crippen molar-refractivity contribution in [3.63, 3.8) is 0 Å². The third kappa shape index (κ3) is 4.65. The summed E-state index contributed by atoms with van der Waals surface area (Å²) >= 11 is 5.94. The maximum absolute atomic E-state index is 5.94. The van der Waals surface area contributed by atoms with Crippen LogP contribution >= 0.6 is 11.6 Å². The van der Waals surface area contributed by atoms with Crippen LogP contribution in [0.25, 0.3) is 0 Å². The summed E-state index contributed by atoms with van der Waals surface area (Å²) in [5.74, 6) is 0.506. The fourth-order valence-electron chi connectivity index (χ4n) is 1.02. The average Bonchev–Trinajstić information content (AvgIpc) is 1.87. The molecule has 0 rings (SSSR count). The Labute approximate surface area is 75.1 Å². The first-order chi connectivity index (χ1) is 4.89. The Morgan fingerprint density at radius 3 is 2.09 bits per heavy atom. The molecule has 0 aliphatic rings. The van der Waals surface area contributed by atoms with E-state index in [1.165, 1.54) is 0 Å². The third-order valence-electron chi connectivity index (χ3n) is 2.15. The minimum Gasteiger partial charge on any atom is -0.379 e. The summed E-state index contributed by atoms with van der Waals surface area (Å²) in [6.07, 6.45) is 1.01. The molecule has 0 aromatic heterocycles. The van der Waals surface area contributed by atoms with Gasteiger partial charge in [-0.2, -0.15) is 0 Å². The molecule has 0 fully saturated rings. The Morgan fingerprint density at radius 1 is 1.36 bits per heavy atom. The van der Waals surface area contributed by atoms with E-state index >= 15 is 0 Å². The molecule has 0 heterocycles. The van der Waals surface area contributed by atoms with Gasteiger partial charge in [-0.3, -0.25) is 0 Å². The number of rotatable bonds is 4. The highest BCUT2D eigenvalue weighted by Crippen LogP contribution is 2.23. The van der Waals surface area contributed by atoms with Crippen LogP contribution in [-0.2, 0) is 4.74 Å². The highest BCUT2D eigenvalue weighted by molar-refractivity contribution is 6.20. The van der Waals surface area contributed by atoms with Crippen LogP contribution in [0.3, 0.4) is 0 Å². The van der Waals surface area contributed by atoms with Crippen molar-refractivity contribution in [3.05, 3.63) is 0 Å². The second-order valence-corrected chi connectivity index (χ2v) is 4.51. The monoisotopic (exact) mass is 178 g/mol. The largest absolute Gasteiger partial charge is 0.379 e. The fourth-order valence-corrected chi connectivity index (χ4v) is 1.11. The van der Waals surface area contributed by atoms with E-state index in [2.05, 4.69) is 20.8 Å². The maximum atomic E-state index is 5.94. The van der Waals surface area contributed by atoms with Crippen molar-refractivity contribution in [1.29, 1.82) is 0 Å². The zero-order chi connectivity index (χ0) is 9.07. The smallest absolute Gasteiger partial charge is 0.0625 e. The van der Waals surface area contributed by atoms with Gasteiger partial charge in [0.2, 0.25) is 0 Å². The van der Waals surface area contributed by atoms with Gasteiger partial charge in [0.15, 0.2) is 0 Å². The van der Waals surface area contributed by atoms with Crippen LogP contribution in [0.15, 0.2) is 0 Å². The zero-order valence-corrected chi connectivity index (χ0v) is 8.90. The molecular formula is C9H19ClO. The van der Waals surface area contributed by atoms with E-state index in [1.807, 2.05) is 6.92 Å². The Hall–Kier alpha value is 0.250. The maximum Gasteiger partial charge on any atom is 0.0625 e. The molecule has 0 N–H and O–H groups in total. The molecule has 2 atom stereocenters. The predicted molar refractivity (Wildman–Crippen MR) is 50.2 cm³/mol. The minimum absolute atomic E-state index is 0.0391. The molecule has 2 unspecified atom stereocenters. The Balaban J connectivity index is 3.83. The van der Waals surface area contributed by atoms with Gasteiger partial charge in [0.05, 0.1) is 5.60 Å². The molecule has 0 aromatic rings. The number of ether oxygens (including phenoxy) is 1. The van der Waals surface area contributed by atoms with E-state index in [0.29, 0.717) is 5.92 Å². The van der Waals surface area contributed by atoms with Gasteiger partial charge < -0.3 is 4.74 Å². The van der Waals surface area contributed by atoms with Gasteiger partial charge in [0.1, 0.15) is 0 Å². The lowest BCUT2D eigenvalue weighted by Crippen LogP contribution is -2.27. The lowest BCUT2D eigenvalue weighted by Gasteiger charge is -2.27. The van der Waals surface area contributed by atoms with Crippen LogP contribution in [0, 0.1) is 5.92 Å². The molecule has 0 spiro atoms. The molecule has 1 nitrogen and oxygen atoms in total. The number of alkyl halides is 1. The first-order valence-corrected chi connectivity index (χ1v) is 4.52. The van der Waals surface area contributed by atoms with Crippen LogP contribution in [-0.4, -0.2) is 18.1 Å². The summed E-state index contributed by atoms with van der Waals surface area (Å²) in [5.41, 5.74) is -0.0391. The predicted octanol–water partition coefficient (Wildman–Crippen LogP) is 3.06. The number of hydrogen-bond donors (Lipinski definition) is 0. The second-order valence-electron chi connectivity index (χ2n) is 3.82. The highest BCUT2D eigenvalue weighted by atomic mass is 35.5. The molecule has 0 saturated heterocycles. The van der Waals surface area contributed by atoms with Crippen molar-refractivity contribution in [2.24, 2.45) is 5.92 Å². The van der Waals surface area contributed by atoms with Crippen molar-refractivity contribution < 1.29 is 4.74 Å². The zero-order valence-electron chi connectivity index (χ0n) is 8.15. The molecule has 0 aliphatic heterocycles.